The number of carbonyl (C=O) groups excluding carboxylic acids is 1. The number of amides is 1. The minimum Gasteiger partial charge on any atom is -0.352 e. The molecule has 0 aliphatic rings. The molecular weight excluding hydrogens is 253 g/mol. The Morgan fingerprint density at radius 1 is 1.53 bits per heavy atom. The zero-order valence-corrected chi connectivity index (χ0v) is 11.0. The van der Waals surface area contributed by atoms with Gasteiger partial charge in [0, 0.05) is 6.54 Å². The summed E-state index contributed by atoms with van der Waals surface area (Å²) >= 11 is 12.8. The van der Waals surface area contributed by atoms with Gasteiger partial charge in [-0.2, -0.15) is 0 Å². The zero-order chi connectivity index (χ0) is 11.4. The van der Waals surface area contributed by atoms with Crippen LogP contribution in [0.15, 0.2) is 6.07 Å². The van der Waals surface area contributed by atoms with Gasteiger partial charge in [-0.15, -0.1) is 11.3 Å². The van der Waals surface area contributed by atoms with Crippen LogP contribution in [-0.4, -0.2) is 12.5 Å². The molecule has 0 bridgehead atoms. The van der Waals surface area contributed by atoms with Crippen LogP contribution < -0.4 is 5.32 Å². The van der Waals surface area contributed by atoms with Crippen LogP contribution in [0, 0.1) is 5.92 Å². The molecular formula is C10H13Cl2NOS. The van der Waals surface area contributed by atoms with Gasteiger partial charge < -0.3 is 5.32 Å². The minimum absolute atomic E-state index is 0.149. The highest BCUT2D eigenvalue weighted by Crippen LogP contribution is 2.30. The first-order chi connectivity index (χ1) is 7.00. The number of halogens is 2. The summed E-state index contributed by atoms with van der Waals surface area (Å²) in [6.45, 7) is 4.89. The molecule has 0 saturated heterocycles. The zero-order valence-electron chi connectivity index (χ0n) is 8.64. The summed E-state index contributed by atoms with van der Waals surface area (Å²) in [4.78, 5) is 11.6. The summed E-state index contributed by atoms with van der Waals surface area (Å²) in [6, 6.07) is 1.60. The maximum absolute atomic E-state index is 11.6. The van der Waals surface area contributed by atoms with Crippen LogP contribution in [0.4, 0.5) is 0 Å². The number of carbonyl (C=O) groups is 1. The molecule has 1 heterocycles. The smallest absolute Gasteiger partial charge is 0.253 e. The molecule has 1 rings (SSSR count). The van der Waals surface area contributed by atoms with Crippen molar-refractivity contribution < 1.29 is 4.79 Å². The highest BCUT2D eigenvalue weighted by atomic mass is 35.5. The van der Waals surface area contributed by atoms with E-state index in [-0.39, 0.29) is 5.91 Å². The predicted molar refractivity (Wildman–Crippen MR) is 66.1 cm³/mol. The Bertz CT molecular complexity index is 349. The van der Waals surface area contributed by atoms with Crippen LogP contribution in [0.5, 0.6) is 0 Å². The molecule has 2 nitrogen and oxygen atoms in total. The Labute approximate surface area is 104 Å². The molecule has 0 unspecified atom stereocenters. The van der Waals surface area contributed by atoms with Gasteiger partial charge in [-0.3, -0.25) is 4.79 Å². The molecule has 0 aromatic carbocycles. The van der Waals surface area contributed by atoms with Crippen molar-refractivity contribution in [3.63, 3.8) is 0 Å². The molecule has 0 spiro atoms. The van der Waals surface area contributed by atoms with Gasteiger partial charge in [0.1, 0.15) is 4.34 Å². The third-order valence-electron chi connectivity index (χ3n) is 1.91. The summed E-state index contributed by atoms with van der Waals surface area (Å²) < 4.78 is 0.982. The fourth-order valence-electron chi connectivity index (χ4n) is 1.06. The molecule has 15 heavy (non-hydrogen) atoms. The van der Waals surface area contributed by atoms with Crippen LogP contribution in [0.2, 0.25) is 8.67 Å². The summed E-state index contributed by atoms with van der Waals surface area (Å²) in [6.07, 6.45) is 0.960. The fraction of sp³-hybridized carbons (Fsp3) is 0.500. The summed E-state index contributed by atoms with van der Waals surface area (Å²) in [5.74, 6) is 0.427. The molecule has 0 saturated carbocycles. The lowest BCUT2D eigenvalue weighted by Gasteiger charge is -2.06. The lowest BCUT2D eigenvalue weighted by Crippen LogP contribution is -2.25. The summed E-state index contributed by atoms with van der Waals surface area (Å²) in [7, 11) is 0. The highest BCUT2D eigenvalue weighted by molar-refractivity contribution is 7.20. The van der Waals surface area contributed by atoms with Crippen molar-refractivity contribution in [3.8, 4) is 0 Å². The first-order valence-corrected chi connectivity index (χ1v) is 6.31. The van der Waals surface area contributed by atoms with E-state index in [1.165, 1.54) is 11.3 Å². The fourth-order valence-corrected chi connectivity index (χ4v) is 2.52. The molecule has 0 aliphatic heterocycles. The molecule has 0 radical (unpaired) electrons. The number of hydrogen-bond acceptors (Lipinski definition) is 2. The van der Waals surface area contributed by atoms with E-state index in [4.69, 9.17) is 23.2 Å². The van der Waals surface area contributed by atoms with Gasteiger partial charge in [-0.25, -0.2) is 0 Å². The van der Waals surface area contributed by atoms with Crippen LogP contribution in [0.25, 0.3) is 0 Å². The normalized spacial score (nSPS) is 10.7. The first-order valence-electron chi connectivity index (χ1n) is 4.73. The van der Waals surface area contributed by atoms with Gasteiger partial charge in [0.25, 0.3) is 5.91 Å². The van der Waals surface area contributed by atoms with E-state index in [9.17, 15) is 4.79 Å². The van der Waals surface area contributed by atoms with Gasteiger partial charge in [0.05, 0.1) is 9.90 Å². The van der Waals surface area contributed by atoms with Crippen molar-refractivity contribution in [2.45, 2.75) is 20.3 Å². The average molecular weight is 266 g/mol. The molecule has 1 aromatic rings. The second-order valence-electron chi connectivity index (χ2n) is 3.68. The van der Waals surface area contributed by atoms with Gasteiger partial charge in [-0.05, 0) is 18.4 Å². The van der Waals surface area contributed by atoms with E-state index in [2.05, 4.69) is 19.2 Å². The van der Waals surface area contributed by atoms with Crippen LogP contribution >= 0.6 is 34.5 Å². The van der Waals surface area contributed by atoms with E-state index < -0.39 is 0 Å². The molecule has 0 aliphatic carbocycles. The molecule has 0 atom stereocenters. The van der Waals surface area contributed by atoms with Crippen molar-refractivity contribution in [2.75, 3.05) is 6.54 Å². The maximum Gasteiger partial charge on any atom is 0.253 e. The molecule has 5 heteroatoms. The minimum atomic E-state index is -0.149. The Balaban J connectivity index is 2.50. The second-order valence-corrected chi connectivity index (χ2v) is 5.96. The monoisotopic (exact) mass is 265 g/mol. The third kappa shape index (κ3) is 4.01. The Hall–Kier alpha value is -0.250. The summed E-state index contributed by atoms with van der Waals surface area (Å²) in [5, 5.41) is 2.81. The Kier molecular flexibility index (Phi) is 4.90. The van der Waals surface area contributed by atoms with Crippen LogP contribution in [0.3, 0.4) is 0 Å². The molecule has 0 fully saturated rings. The molecule has 1 aromatic heterocycles. The lowest BCUT2D eigenvalue weighted by molar-refractivity contribution is 0.0952. The molecule has 1 N–H and O–H groups in total. The standard InChI is InChI=1S/C10H13Cl2NOS/c1-6(2)3-4-13-10(14)7-5-8(11)15-9(7)12/h5-6H,3-4H2,1-2H3,(H,13,14). The SMILES string of the molecule is CC(C)CCNC(=O)c1cc(Cl)sc1Cl. The largest absolute Gasteiger partial charge is 0.352 e. The number of hydrogen-bond donors (Lipinski definition) is 1. The van der Waals surface area contributed by atoms with Crippen LogP contribution in [0.1, 0.15) is 30.6 Å². The predicted octanol–water partition coefficient (Wildman–Crippen LogP) is 3.83. The van der Waals surface area contributed by atoms with Crippen molar-refractivity contribution in [1.82, 2.24) is 5.32 Å². The Morgan fingerprint density at radius 3 is 2.67 bits per heavy atom. The summed E-state index contributed by atoms with van der Waals surface area (Å²) in [5.41, 5.74) is 0.468. The molecule has 1 amide bonds. The number of nitrogens with one attached hydrogen (secondary N) is 1. The number of rotatable bonds is 4. The second kappa shape index (κ2) is 5.73. The van der Waals surface area contributed by atoms with Crippen LogP contribution in [-0.2, 0) is 0 Å². The topological polar surface area (TPSA) is 29.1 Å². The van der Waals surface area contributed by atoms with Crippen molar-refractivity contribution in [3.05, 3.63) is 20.3 Å². The third-order valence-corrected chi connectivity index (χ3v) is 3.40. The Morgan fingerprint density at radius 2 is 2.20 bits per heavy atom. The average Bonchev–Trinajstić information content (AvgIpc) is 2.44. The number of thiophene rings is 1. The van der Waals surface area contributed by atoms with E-state index in [1.807, 2.05) is 0 Å². The van der Waals surface area contributed by atoms with Gasteiger partial charge in [-0.1, -0.05) is 37.0 Å². The van der Waals surface area contributed by atoms with Gasteiger partial charge in [0.15, 0.2) is 0 Å². The molecule has 84 valence electrons. The maximum atomic E-state index is 11.6. The highest BCUT2D eigenvalue weighted by Gasteiger charge is 2.13. The van der Waals surface area contributed by atoms with Crippen molar-refractivity contribution >= 4 is 40.4 Å². The van der Waals surface area contributed by atoms with E-state index >= 15 is 0 Å². The van der Waals surface area contributed by atoms with Gasteiger partial charge in [0.2, 0.25) is 0 Å². The van der Waals surface area contributed by atoms with E-state index in [0.717, 1.165) is 6.42 Å². The van der Waals surface area contributed by atoms with Gasteiger partial charge >= 0.3 is 0 Å². The first kappa shape index (κ1) is 12.8. The quantitative estimate of drug-likeness (QED) is 0.881. The van der Waals surface area contributed by atoms with Crippen molar-refractivity contribution in [1.29, 1.82) is 0 Å². The lowest BCUT2D eigenvalue weighted by atomic mass is 10.1. The van der Waals surface area contributed by atoms with E-state index in [0.29, 0.717) is 26.7 Å². The van der Waals surface area contributed by atoms with E-state index in [1.54, 1.807) is 6.07 Å². The van der Waals surface area contributed by atoms with Crippen molar-refractivity contribution in [2.24, 2.45) is 5.92 Å².